The lowest BCUT2D eigenvalue weighted by molar-refractivity contribution is -0.129. The summed E-state index contributed by atoms with van der Waals surface area (Å²) in [6, 6.07) is 6.85. The van der Waals surface area contributed by atoms with Gasteiger partial charge >= 0.3 is 5.92 Å². The number of amides is 1. The van der Waals surface area contributed by atoms with Crippen molar-refractivity contribution in [1.29, 1.82) is 0 Å². The van der Waals surface area contributed by atoms with Gasteiger partial charge in [-0.15, -0.1) is 11.3 Å². The van der Waals surface area contributed by atoms with Crippen LogP contribution in [0.5, 0.6) is 5.75 Å². The minimum Gasteiger partial charge on any atom is -0.490 e. The third-order valence-corrected chi connectivity index (χ3v) is 9.81. The molecule has 6 heterocycles. The topological polar surface area (TPSA) is 85.6 Å². The molecule has 0 unspecified atom stereocenters. The first-order chi connectivity index (χ1) is 23.5. The lowest BCUT2D eigenvalue weighted by Gasteiger charge is -2.33. The van der Waals surface area contributed by atoms with Gasteiger partial charge in [-0.3, -0.25) is 19.4 Å². The molecule has 0 fully saturated rings. The zero-order chi connectivity index (χ0) is 34.6. The summed E-state index contributed by atoms with van der Waals surface area (Å²) in [5.74, 6) is -5.06. The van der Waals surface area contributed by atoms with E-state index < -0.39 is 24.1 Å². The molecule has 5 aromatic rings. The molecule has 9 nitrogen and oxygen atoms in total. The first-order valence-corrected chi connectivity index (χ1v) is 16.5. The third kappa shape index (κ3) is 5.77. The van der Waals surface area contributed by atoms with Crippen LogP contribution in [0.25, 0.3) is 43.9 Å². The first kappa shape index (κ1) is 32.9. The van der Waals surface area contributed by atoms with Crippen molar-refractivity contribution in [3.05, 3.63) is 83.1 Å². The highest BCUT2D eigenvalue weighted by Gasteiger charge is 2.41. The fourth-order valence-corrected chi connectivity index (χ4v) is 7.64. The van der Waals surface area contributed by atoms with Crippen molar-refractivity contribution >= 4 is 27.3 Å². The average molecular weight is 693 g/mol. The molecular formula is C35H32F4N6O3S. The lowest BCUT2D eigenvalue weighted by atomic mass is 9.95. The summed E-state index contributed by atoms with van der Waals surface area (Å²) >= 11 is 1.32. The number of carbonyl (C=O) groups excluding carboxylic acids is 1. The molecule has 0 bridgehead atoms. The number of thiophene rings is 1. The fourth-order valence-electron chi connectivity index (χ4n) is 6.69. The number of methoxy groups -OCH3 is 1. The molecule has 2 aliphatic rings. The number of benzene rings is 1. The van der Waals surface area contributed by atoms with Crippen LogP contribution in [0.3, 0.4) is 0 Å². The maximum atomic E-state index is 16.1. The van der Waals surface area contributed by atoms with Crippen LogP contribution >= 0.6 is 11.3 Å². The maximum absolute atomic E-state index is 16.1. The van der Waals surface area contributed by atoms with Crippen molar-refractivity contribution < 1.29 is 31.8 Å². The molecule has 0 saturated carbocycles. The third-order valence-electron chi connectivity index (χ3n) is 8.88. The van der Waals surface area contributed by atoms with E-state index in [1.807, 2.05) is 18.4 Å². The molecule has 0 radical (unpaired) electrons. The van der Waals surface area contributed by atoms with Gasteiger partial charge in [0.1, 0.15) is 41.1 Å². The molecule has 0 aliphatic carbocycles. The van der Waals surface area contributed by atoms with Gasteiger partial charge in [0.15, 0.2) is 0 Å². The summed E-state index contributed by atoms with van der Waals surface area (Å²) in [7, 11) is 3.12. The minimum absolute atomic E-state index is 0.00804. The van der Waals surface area contributed by atoms with Gasteiger partial charge in [-0.2, -0.15) is 13.9 Å². The van der Waals surface area contributed by atoms with E-state index in [2.05, 4.69) is 11.6 Å². The van der Waals surface area contributed by atoms with E-state index >= 15 is 4.39 Å². The number of hydrogen-bond donors (Lipinski definition) is 0. The predicted molar refractivity (Wildman–Crippen MR) is 177 cm³/mol. The Morgan fingerprint density at radius 2 is 1.96 bits per heavy atom. The number of likely N-dealkylation sites (N-methyl/N-ethyl adjacent to an activating group) is 1. The predicted octanol–water partition coefficient (Wildman–Crippen LogP) is 6.82. The van der Waals surface area contributed by atoms with Crippen molar-refractivity contribution in [1.82, 2.24) is 29.5 Å². The highest BCUT2D eigenvalue weighted by molar-refractivity contribution is 7.18. The molecule has 254 valence electrons. The molecule has 0 spiro atoms. The highest BCUT2D eigenvalue weighted by atomic mass is 32.1. The Hall–Kier alpha value is -4.66. The minimum atomic E-state index is -3.12. The summed E-state index contributed by atoms with van der Waals surface area (Å²) in [4.78, 5) is 25.1. The van der Waals surface area contributed by atoms with E-state index in [1.54, 1.807) is 28.8 Å². The van der Waals surface area contributed by atoms with E-state index in [4.69, 9.17) is 19.6 Å². The van der Waals surface area contributed by atoms with Gasteiger partial charge in [-0.05, 0) is 49.2 Å². The Bertz CT molecular complexity index is 2110. The monoisotopic (exact) mass is 692 g/mol. The summed E-state index contributed by atoms with van der Waals surface area (Å²) in [6.07, 6.45) is 2.65. The van der Waals surface area contributed by atoms with Crippen LogP contribution in [0.15, 0.2) is 54.6 Å². The number of hydrogen-bond acceptors (Lipinski definition) is 8. The van der Waals surface area contributed by atoms with Crippen LogP contribution in [0.2, 0.25) is 0 Å². The lowest BCUT2D eigenvalue weighted by Crippen LogP contribution is -2.40. The molecule has 1 atom stereocenters. The molecule has 2 aliphatic heterocycles. The van der Waals surface area contributed by atoms with Gasteiger partial charge in [-0.25, -0.2) is 13.8 Å². The average Bonchev–Trinajstić information content (AvgIpc) is 3.72. The van der Waals surface area contributed by atoms with Gasteiger partial charge in [0, 0.05) is 59.7 Å². The van der Waals surface area contributed by atoms with Gasteiger partial charge < -0.3 is 14.4 Å². The van der Waals surface area contributed by atoms with E-state index in [-0.39, 0.29) is 54.4 Å². The molecule has 14 heteroatoms. The van der Waals surface area contributed by atoms with Crippen molar-refractivity contribution in [2.75, 3.05) is 40.5 Å². The van der Waals surface area contributed by atoms with Crippen LogP contribution in [0, 0.1) is 11.6 Å². The van der Waals surface area contributed by atoms with Crippen molar-refractivity contribution in [2.24, 2.45) is 0 Å². The van der Waals surface area contributed by atoms with E-state index in [9.17, 15) is 18.0 Å². The molecule has 4 aromatic heterocycles. The smallest absolute Gasteiger partial charge is 0.302 e. The Labute approximate surface area is 283 Å². The Kier molecular flexibility index (Phi) is 8.49. The van der Waals surface area contributed by atoms with Crippen LogP contribution in [0.1, 0.15) is 29.9 Å². The number of halogens is 4. The zero-order valence-corrected chi connectivity index (χ0v) is 27.8. The van der Waals surface area contributed by atoms with Gasteiger partial charge in [0.05, 0.1) is 42.7 Å². The largest absolute Gasteiger partial charge is 0.490 e. The van der Waals surface area contributed by atoms with Crippen molar-refractivity contribution in [3.8, 4) is 39.5 Å². The van der Waals surface area contributed by atoms with Crippen LogP contribution < -0.4 is 4.74 Å². The summed E-state index contributed by atoms with van der Waals surface area (Å²) in [5.41, 5.74) is 2.74. The number of rotatable bonds is 8. The van der Waals surface area contributed by atoms with Crippen LogP contribution in [-0.4, -0.2) is 75.9 Å². The Balaban J connectivity index is 1.49. The molecule has 0 N–H and O–H groups in total. The quantitative estimate of drug-likeness (QED) is 0.100. The van der Waals surface area contributed by atoms with Crippen molar-refractivity contribution in [3.63, 3.8) is 0 Å². The van der Waals surface area contributed by atoms with E-state index in [0.717, 1.165) is 17.8 Å². The number of fused-ring (bicyclic) bond motifs is 3. The molecule has 49 heavy (non-hydrogen) atoms. The summed E-state index contributed by atoms with van der Waals surface area (Å²) in [6.45, 7) is 6.36. The first-order valence-electron chi connectivity index (χ1n) is 15.6. The summed E-state index contributed by atoms with van der Waals surface area (Å²) < 4.78 is 74.0. The van der Waals surface area contributed by atoms with Gasteiger partial charge in [0.2, 0.25) is 5.91 Å². The number of ether oxygens (including phenoxy) is 2. The number of carbonyl (C=O) groups is 1. The second kappa shape index (κ2) is 12.7. The number of pyridine rings is 2. The summed E-state index contributed by atoms with van der Waals surface area (Å²) in [5, 5.41) is 7.31. The van der Waals surface area contributed by atoms with Crippen LogP contribution in [0.4, 0.5) is 17.6 Å². The molecule has 7 rings (SSSR count). The number of aromatic nitrogens is 4. The second-order valence-electron chi connectivity index (χ2n) is 12.1. The normalized spacial score (nSPS) is 17.2. The van der Waals surface area contributed by atoms with E-state index in [0.29, 0.717) is 51.3 Å². The molecule has 0 saturated heterocycles. The second-order valence-corrected chi connectivity index (χ2v) is 13.1. The van der Waals surface area contributed by atoms with Crippen LogP contribution in [-0.2, 0) is 28.5 Å². The van der Waals surface area contributed by atoms with Gasteiger partial charge in [-0.1, -0.05) is 6.58 Å². The van der Waals surface area contributed by atoms with Gasteiger partial charge in [0.25, 0.3) is 0 Å². The van der Waals surface area contributed by atoms with E-state index in [1.165, 1.54) is 35.6 Å². The Morgan fingerprint density at radius 3 is 2.73 bits per heavy atom. The highest BCUT2D eigenvalue weighted by Crippen LogP contribution is 2.48. The fraction of sp³-hybridized carbons (Fsp3) is 0.314. The van der Waals surface area contributed by atoms with Crippen molar-refractivity contribution in [2.45, 2.75) is 32.0 Å². The number of nitrogens with zero attached hydrogens (tertiary/aromatic N) is 6. The zero-order valence-electron chi connectivity index (χ0n) is 27.0. The number of alkyl halides is 2. The SMILES string of the molecule is C=CC(=O)N1CCn2nc(-c3nc(-c4cnc5c(c4)CN(C)CC5(F)F)c4ccsc4c3-c3c(F)cc(F)cc3OCCOC)cc2[C@H]1C. The maximum Gasteiger partial charge on any atom is 0.302 e. The Morgan fingerprint density at radius 1 is 1.14 bits per heavy atom. The molecule has 1 aromatic carbocycles. The molecule has 1 amide bonds. The molecular weight excluding hydrogens is 660 g/mol. The standard InChI is InChI=1S/C35H32F4N6O3S/c1-5-28(46)44-7-8-45-26(19(44)2)15-25(42-45)32-30(29-24(37)13-22(36)14-27(29)48-10-9-47-4)33-23(6-11-49-33)31(41-32)20-12-21-17-43(3)18-35(38,39)34(21)40-16-20/h5-6,11-16,19H,1,7-10,17-18H2,2-4H3/t19-/m1/s1.